The van der Waals surface area contributed by atoms with Gasteiger partial charge in [-0.05, 0) is 31.5 Å². The van der Waals surface area contributed by atoms with Gasteiger partial charge in [-0.25, -0.2) is 13.1 Å². The van der Waals surface area contributed by atoms with E-state index in [2.05, 4.69) is 10.0 Å². The van der Waals surface area contributed by atoms with Crippen LogP contribution in [0.25, 0.3) is 0 Å². The van der Waals surface area contributed by atoms with Gasteiger partial charge in [0.1, 0.15) is 4.33 Å². The lowest BCUT2D eigenvalue weighted by Crippen LogP contribution is -2.32. The van der Waals surface area contributed by atoms with E-state index in [4.69, 9.17) is 23.2 Å². The number of carbonyl (C=O) groups is 1. The molecule has 1 amide bonds. The molecule has 0 aliphatic heterocycles. The molecular weight excluding hydrogens is 347 g/mol. The number of hydrogen-bond donors (Lipinski definition) is 2. The highest BCUT2D eigenvalue weighted by Crippen LogP contribution is 2.63. The van der Waals surface area contributed by atoms with Gasteiger partial charge in [-0.15, -0.1) is 23.2 Å². The Balaban J connectivity index is 1.91. The van der Waals surface area contributed by atoms with Crippen molar-refractivity contribution in [2.24, 2.45) is 5.41 Å². The third-order valence-electron chi connectivity index (χ3n) is 3.90. The zero-order chi connectivity index (χ0) is 16.6. The zero-order valence-corrected chi connectivity index (χ0v) is 14.6. The predicted molar refractivity (Wildman–Crippen MR) is 87.1 cm³/mol. The maximum absolute atomic E-state index is 12.0. The maximum atomic E-state index is 12.0. The number of sulfonamides is 1. The van der Waals surface area contributed by atoms with Gasteiger partial charge in [-0.1, -0.05) is 24.3 Å². The monoisotopic (exact) mass is 364 g/mol. The molecular formula is C14H18Cl2N2O3S. The van der Waals surface area contributed by atoms with Crippen LogP contribution in [0, 0.1) is 5.41 Å². The van der Waals surface area contributed by atoms with Crippen LogP contribution in [0.15, 0.2) is 24.3 Å². The number of carbonyl (C=O) groups excluding carboxylic acids is 1. The van der Waals surface area contributed by atoms with Gasteiger partial charge in [0.25, 0.3) is 0 Å². The number of rotatable bonds is 6. The van der Waals surface area contributed by atoms with Crippen molar-refractivity contribution < 1.29 is 13.2 Å². The molecule has 0 saturated heterocycles. The molecule has 0 radical (unpaired) electrons. The van der Waals surface area contributed by atoms with Crippen molar-refractivity contribution in [2.75, 3.05) is 7.05 Å². The van der Waals surface area contributed by atoms with E-state index < -0.39 is 19.8 Å². The van der Waals surface area contributed by atoms with Gasteiger partial charge in [0.05, 0.1) is 11.2 Å². The fourth-order valence-electron chi connectivity index (χ4n) is 2.07. The highest BCUT2D eigenvalue weighted by atomic mass is 35.5. The molecule has 1 aromatic rings. The molecule has 1 aromatic carbocycles. The van der Waals surface area contributed by atoms with Crippen LogP contribution in [-0.2, 0) is 27.1 Å². The molecule has 1 aliphatic carbocycles. The molecule has 2 N–H and O–H groups in total. The van der Waals surface area contributed by atoms with Crippen molar-refractivity contribution >= 4 is 39.1 Å². The average molecular weight is 365 g/mol. The lowest BCUT2D eigenvalue weighted by Gasteiger charge is -2.13. The topological polar surface area (TPSA) is 75.3 Å². The largest absolute Gasteiger partial charge is 0.351 e. The lowest BCUT2D eigenvalue weighted by atomic mass is 10.1. The van der Waals surface area contributed by atoms with E-state index in [1.807, 2.05) is 0 Å². The van der Waals surface area contributed by atoms with E-state index >= 15 is 0 Å². The van der Waals surface area contributed by atoms with E-state index in [1.165, 1.54) is 7.05 Å². The minimum Gasteiger partial charge on any atom is -0.351 e. The highest BCUT2D eigenvalue weighted by molar-refractivity contribution is 7.88. The molecule has 0 bridgehead atoms. The minimum atomic E-state index is -3.28. The van der Waals surface area contributed by atoms with E-state index in [-0.39, 0.29) is 11.7 Å². The van der Waals surface area contributed by atoms with Crippen LogP contribution >= 0.6 is 23.2 Å². The molecule has 1 saturated carbocycles. The minimum absolute atomic E-state index is 0.0742. The normalized spacial score (nSPS) is 23.1. The van der Waals surface area contributed by atoms with Crippen LogP contribution in [0.3, 0.4) is 0 Å². The van der Waals surface area contributed by atoms with E-state index in [0.29, 0.717) is 18.5 Å². The first-order chi connectivity index (χ1) is 10.1. The van der Waals surface area contributed by atoms with Gasteiger partial charge in [0.2, 0.25) is 15.9 Å². The summed E-state index contributed by atoms with van der Waals surface area (Å²) in [5.41, 5.74) is 0.814. The predicted octanol–water partition coefficient (Wildman–Crippen LogP) is 1.94. The number of alkyl halides is 2. The first-order valence-corrected chi connectivity index (χ1v) is 9.16. The van der Waals surface area contributed by atoms with Crippen molar-refractivity contribution in [3.8, 4) is 0 Å². The number of nitrogens with one attached hydrogen (secondary N) is 2. The zero-order valence-electron chi connectivity index (χ0n) is 12.3. The molecule has 1 aliphatic rings. The van der Waals surface area contributed by atoms with Gasteiger partial charge in [-0.2, -0.15) is 0 Å². The number of amides is 1. The van der Waals surface area contributed by atoms with Crippen molar-refractivity contribution in [2.45, 2.75) is 30.0 Å². The Morgan fingerprint density at radius 1 is 1.23 bits per heavy atom. The second-order valence-corrected chi connectivity index (χ2v) is 9.09. The Morgan fingerprint density at radius 3 is 2.18 bits per heavy atom. The summed E-state index contributed by atoms with van der Waals surface area (Å²) in [5, 5.41) is 2.80. The molecule has 22 heavy (non-hydrogen) atoms. The maximum Gasteiger partial charge on any atom is 0.229 e. The van der Waals surface area contributed by atoms with Crippen molar-refractivity contribution in [1.29, 1.82) is 0 Å². The summed E-state index contributed by atoms with van der Waals surface area (Å²) in [7, 11) is -1.90. The fourth-order valence-corrected chi connectivity index (χ4v) is 3.55. The van der Waals surface area contributed by atoms with Gasteiger partial charge < -0.3 is 5.32 Å². The molecule has 1 unspecified atom stereocenters. The highest BCUT2D eigenvalue weighted by Gasteiger charge is 2.67. The van der Waals surface area contributed by atoms with Crippen LogP contribution in [0.2, 0.25) is 0 Å². The summed E-state index contributed by atoms with van der Waals surface area (Å²) >= 11 is 11.9. The van der Waals surface area contributed by atoms with E-state index in [0.717, 1.165) is 5.56 Å². The quantitative estimate of drug-likeness (QED) is 0.757. The van der Waals surface area contributed by atoms with Crippen LogP contribution in [0.4, 0.5) is 0 Å². The summed E-state index contributed by atoms with van der Waals surface area (Å²) in [6.45, 7) is 2.07. The first kappa shape index (κ1) is 17.5. The Labute approximate surface area is 140 Å². The van der Waals surface area contributed by atoms with Crippen LogP contribution < -0.4 is 10.0 Å². The average Bonchev–Trinajstić information content (AvgIpc) is 2.97. The smallest absolute Gasteiger partial charge is 0.229 e. The number of benzene rings is 1. The lowest BCUT2D eigenvalue weighted by molar-refractivity contribution is -0.125. The summed E-state index contributed by atoms with van der Waals surface area (Å²) in [6, 6.07) is 7.01. The third-order valence-corrected chi connectivity index (χ3v) is 6.34. The standard InChI is InChI=1S/C14H18Cl2N2O3S/c1-13(9-14(13,15)16)12(19)18-7-10-3-5-11(6-4-10)8-22(20,21)17-2/h3-6,17H,7-9H2,1-2H3,(H,18,19). The van der Waals surface area contributed by atoms with Crippen molar-refractivity contribution in [3.05, 3.63) is 35.4 Å². The van der Waals surface area contributed by atoms with Crippen LogP contribution in [0.5, 0.6) is 0 Å². The summed E-state index contributed by atoms with van der Waals surface area (Å²) in [4.78, 5) is 12.0. The molecule has 0 heterocycles. The van der Waals surface area contributed by atoms with Gasteiger partial charge in [-0.3, -0.25) is 4.79 Å². The Kier molecular flexibility index (Phi) is 4.78. The molecule has 5 nitrogen and oxygen atoms in total. The molecule has 2 rings (SSSR count). The Bertz CT molecular complexity index is 674. The molecule has 1 fully saturated rings. The van der Waals surface area contributed by atoms with E-state index in [9.17, 15) is 13.2 Å². The van der Waals surface area contributed by atoms with Gasteiger partial charge >= 0.3 is 0 Å². The number of hydrogen-bond acceptors (Lipinski definition) is 3. The van der Waals surface area contributed by atoms with Gasteiger partial charge in [0.15, 0.2) is 0 Å². The molecule has 122 valence electrons. The summed E-state index contributed by atoms with van der Waals surface area (Å²) < 4.78 is 24.2. The Hall–Kier alpha value is -0.820. The SMILES string of the molecule is CNS(=O)(=O)Cc1ccc(CNC(=O)C2(C)CC2(Cl)Cl)cc1. The van der Waals surface area contributed by atoms with Gasteiger partial charge in [0, 0.05) is 6.54 Å². The second-order valence-electron chi connectivity index (χ2n) is 5.68. The molecule has 8 heteroatoms. The Morgan fingerprint density at radius 2 is 1.73 bits per heavy atom. The second kappa shape index (κ2) is 6.00. The summed E-state index contributed by atoms with van der Waals surface area (Å²) in [5.74, 6) is -0.255. The van der Waals surface area contributed by atoms with Crippen LogP contribution in [-0.4, -0.2) is 25.7 Å². The van der Waals surface area contributed by atoms with Crippen molar-refractivity contribution in [3.63, 3.8) is 0 Å². The fraction of sp³-hybridized carbons (Fsp3) is 0.500. The third kappa shape index (κ3) is 3.74. The summed E-state index contributed by atoms with van der Waals surface area (Å²) in [6.07, 6.45) is 0.440. The number of halogens is 2. The molecule has 0 spiro atoms. The van der Waals surface area contributed by atoms with Crippen LogP contribution in [0.1, 0.15) is 24.5 Å². The molecule has 1 atom stereocenters. The van der Waals surface area contributed by atoms with E-state index in [1.54, 1.807) is 31.2 Å². The molecule has 0 aromatic heterocycles. The van der Waals surface area contributed by atoms with Crippen molar-refractivity contribution in [1.82, 2.24) is 10.0 Å². The first-order valence-electron chi connectivity index (χ1n) is 6.75.